The summed E-state index contributed by atoms with van der Waals surface area (Å²) in [5.74, 6) is 1.15. The van der Waals surface area contributed by atoms with Crippen molar-refractivity contribution in [1.29, 1.82) is 0 Å². The number of fused-ring (bicyclic) bond motifs is 1. The average molecular weight is 349 g/mol. The van der Waals surface area contributed by atoms with Crippen molar-refractivity contribution in [2.24, 2.45) is 0 Å². The maximum Gasteiger partial charge on any atom is 0.225 e. The van der Waals surface area contributed by atoms with Crippen LogP contribution in [0.3, 0.4) is 0 Å². The van der Waals surface area contributed by atoms with Gasteiger partial charge in [0.15, 0.2) is 5.82 Å². The van der Waals surface area contributed by atoms with Gasteiger partial charge < -0.3 is 9.84 Å². The van der Waals surface area contributed by atoms with Crippen molar-refractivity contribution < 1.29 is 9.32 Å². The first kappa shape index (κ1) is 16.8. The topological polar surface area (TPSA) is 68.0 Å². The lowest BCUT2D eigenvalue weighted by Gasteiger charge is -2.35. The molecule has 0 aliphatic heterocycles. The SMILES string of the molecule is Cc1nc(C2(NC(=O)Cc3ccc4ccccc4c3)CCCCC2)no1. The third kappa shape index (κ3) is 3.34. The number of hydrogen-bond donors (Lipinski definition) is 1. The van der Waals surface area contributed by atoms with Gasteiger partial charge in [0, 0.05) is 6.92 Å². The Balaban J connectivity index is 1.54. The van der Waals surface area contributed by atoms with E-state index in [0.717, 1.165) is 36.6 Å². The van der Waals surface area contributed by atoms with Gasteiger partial charge in [-0.3, -0.25) is 4.79 Å². The molecule has 0 saturated heterocycles. The van der Waals surface area contributed by atoms with Crippen LogP contribution in [0.2, 0.25) is 0 Å². The maximum absolute atomic E-state index is 12.8. The van der Waals surface area contributed by atoms with Crippen LogP contribution < -0.4 is 5.32 Å². The van der Waals surface area contributed by atoms with Crippen molar-refractivity contribution in [2.45, 2.75) is 51.0 Å². The Morgan fingerprint density at radius 3 is 2.62 bits per heavy atom. The standard InChI is InChI=1S/C21H23N3O2/c1-15-22-20(24-26-15)21(11-5-2-6-12-21)23-19(25)14-16-9-10-17-7-3-4-8-18(17)13-16/h3-4,7-10,13H,2,5-6,11-12,14H2,1H3,(H,23,25). The molecule has 1 fully saturated rings. The molecule has 1 aliphatic rings. The number of nitrogens with one attached hydrogen (secondary N) is 1. The van der Waals surface area contributed by atoms with E-state index < -0.39 is 5.54 Å². The highest BCUT2D eigenvalue weighted by Gasteiger charge is 2.39. The zero-order chi connectivity index (χ0) is 18.0. The zero-order valence-electron chi connectivity index (χ0n) is 15.0. The summed E-state index contributed by atoms with van der Waals surface area (Å²) in [5.41, 5.74) is 0.515. The molecule has 0 radical (unpaired) electrons. The van der Waals surface area contributed by atoms with Gasteiger partial charge in [-0.05, 0) is 29.2 Å². The predicted molar refractivity (Wildman–Crippen MR) is 99.6 cm³/mol. The molecule has 0 spiro atoms. The molecule has 4 rings (SSSR count). The van der Waals surface area contributed by atoms with Crippen molar-refractivity contribution in [3.63, 3.8) is 0 Å². The van der Waals surface area contributed by atoms with Crippen LogP contribution in [0.4, 0.5) is 0 Å². The highest BCUT2D eigenvalue weighted by Crippen LogP contribution is 2.35. The number of carbonyl (C=O) groups excluding carboxylic acids is 1. The lowest BCUT2D eigenvalue weighted by atomic mass is 9.80. The summed E-state index contributed by atoms with van der Waals surface area (Å²) in [7, 11) is 0. The van der Waals surface area contributed by atoms with E-state index in [4.69, 9.17) is 4.52 Å². The Hall–Kier alpha value is -2.69. The van der Waals surface area contributed by atoms with Gasteiger partial charge in [-0.1, -0.05) is 66.9 Å². The van der Waals surface area contributed by atoms with E-state index >= 15 is 0 Å². The van der Waals surface area contributed by atoms with E-state index in [2.05, 4.69) is 39.7 Å². The molecule has 2 aromatic carbocycles. The van der Waals surface area contributed by atoms with Gasteiger partial charge in [0.1, 0.15) is 5.54 Å². The summed E-state index contributed by atoms with van der Waals surface area (Å²) in [6, 6.07) is 14.4. The van der Waals surface area contributed by atoms with Crippen LogP contribution in [0.5, 0.6) is 0 Å². The molecule has 0 unspecified atom stereocenters. The van der Waals surface area contributed by atoms with Gasteiger partial charge >= 0.3 is 0 Å². The third-order valence-corrected chi connectivity index (χ3v) is 5.22. The second-order valence-electron chi connectivity index (χ2n) is 7.19. The molecule has 1 aromatic heterocycles. The van der Waals surface area contributed by atoms with Crippen molar-refractivity contribution in [3.05, 3.63) is 59.7 Å². The van der Waals surface area contributed by atoms with Crippen molar-refractivity contribution in [2.75, 3.05) is 0 Å². The number of hydrogen-bond acceptors (Lipinski definition) is 4. The van der Waals surface area contributed by atoms with E-state index in [1.807, 2.05) is 18.2 Å². The molecule has 3 aromatic rings. The smallest absolute Gasteiger partial charge is 0.225 e. The summed E-state index contributed by atoms with van der Waals surface area (Å²) >= 11 is 0. The first-order chi connectivity index (χ1) is 12.6. The monoisotopic (exact) mass is 349 g/mol. The minimum Gasteiger partial charge on any atom is -0.343 e. The van der Waals surface area contributed by atoms with Gasteiger partial charge in [0.25, 0.3) is 0 Å². The van der Waals surface area contributed by atoms with Crippen LogP contribution >= 0.6 is 0 Å². The van der Waals surface area contributed by atoms with Crippen LogP contribution in [0.15, 0.2) is 47.0 Å². The number of aromatic nitrogens is 2. The second kappa shape index (κ2) is 6.90. The number of amides is 1. The molecule has 1 N–H and O–H groups in total. The molecule has 5 nitrogen and oxygen atoms in total. The third-order valence-electron chi connectivity index (χ3n) is 5.22. The van der Waals surface area contributed by atoms with E-state index in [-0.39, 0.29) is 5.91 Å². The number of rotatable bonds is 4. The quantitative estimate of drug-likeness (QED) is 0.771. The van der Waals surface area contributed by atoms with Crippen LogP contribution in [0, 0.1) is 6.92 Å². The largest absolute Gasteiger partial charge is 0.343 e. The van der Waals surface area contributed by atoms with E-state index in [1.54, 1.807) is 6.92 Å². The molecule has 5 heteroatoms. The van der Waals surface area contributed by atoms with E-state index in [1.165, 1.54) is 11.8 Å². The number of nitrogens with zero attached hydrogens (tertiary/aromatic N) is 2. The first-order valence-electron chi connectivity index (χ1n) is 9.24. The first-order valence-corrected chi connectivity index (χ1v) is 9.24. The van der Waals surface area contributed by atoms with Gasteiger partial charge in [-0.2, -0.15) is 4.98 Å². The van der Waals surface area contributed by atoms with Crippen LogP contribution in [0.1, 0.15) is 49.4 Å². The van der Waals surface area contributed by atoms with Crippen molar-refractivity contribution in [1.82, 2.24) is 15.5 Å². The fourth-order valence-corrected chi connectivity index (χ4v) is 3.90. The highest BCUT2D eigenvalue weighted by molar-refractivity contribution is 5.85. The lowest BCUT2D eigenvalue weighted by molar-refractivity contribution is -0.123. The number of carbonyl (C=O) groups is 1. The fraction of sp³-hybridized carbons (Fsp3) is 0.381. The minimum atomic E-state index is -0.496. The van der Waals surface area contributed by atoms with Gasteiger partial charge in [-0.15, -0.1) is 0 Å². The summed E-state index contributed by atoms with van der Waals surface area (Å²) < 4.78 is 5.18. The molecule has 0 bridgehead atoms. The summed E-state index contributed by atoms with van der Waals surface area (Å²) in [5, 5.41) is 9.68. The molecule has 134 valence electrons. The molecule has 1 aliphatic carbocycles. The van der Waals surface area contributed by atoms with Crippen molar-refractivity contribution >= 4 is 16.7 Å². The fourth-order valence-electron chi connectivity index (χ4n) is 3.90. The van der Waals surface area contributed by atoms with E-state index in [0.29, 0.717) is 18.1 Å². The van der Waals surface area contributed by atoms with Crippen LogP contribution in [-0.4, -0.2) is 16.0 Å². The Labute approximate surface area is 152 Å². The molecule has 1 amide bonds. The summed E-state index contributed by atoms with van der Waals surface area (Å²) in [4.78, 5) is 17.2. The highest BCUT2D eigenvalue weighted by atomic mass is 16.5. The minimum absolute atomic E-state index is 0.00429. The lowest BCUT2D eigenvalue weighted by Crippen LogP contribution is -2.48. The van der Waals surface area contributed by atoms with Gasteiger partial charge in [-0.25, -0.2) is 0 Å². The van der Waals surface area contributed by atoms with Crippen LogP contribution in [0.25, 0.3) is 10.8 Å². The molecular formula is C21H23N3O2. The molecule has 26 heavy (non-hydrogen) atoms. The number of benzene rings is 2. The second-order valence-corrected chi connectivity index (χ2v) is 7.19. The normalized spacial score (nSPS) is 16.5. The van der Waals surface area contributed by atoms with Gasteiger partial charge in [0.05, 0.1) is 6.42 Å². The molecule has 1 saturated carbocycles. The van der Waals surface area contributed by atoms with E-state index in [9.17, 15) is 4.79 Å². The Morgan fingerprint density at radius 1 is 1.12 bits per heavy atom. The molecular weight excluding hydrogens is 326 g/mol. The Bertz CT molecular complexity index is 926. The average Bonchev–Trinajstić information content (AvgIpc) is 3.09. The molecule has 0 atom stereocenters. The summed E-state index contributed by atoms with van der Waals surface area (Å²) in [6.45, 7) is 1.78. The summed E-state index contributed by atoms with van der Waals surface area (Å²) in [6.07, 6.45) is 5.36. The zero-order valence-corrected chi connectivity index (χ0v) is 15.0. The Morgan fingerprint density at radius 2 is 1.88 bits per heavy atom. The van der Waals surface area contributed by atoms with Crippen molar-refractivity contribution in [3.8, 4) is 0 Å². The maximum atomic E-state index is 12.8. The predicted octanol–water partition coefficient (Wildman–Crippen LogP) is 4.05. The van der Waals surface area contributed by atoms with Crippen LogP contribution in [-0.2, 0) is 16.8 Å². The molecule has 1 heterocycles. The number of aryl methyl sites for hydroxylation is 1. The Kier molecular flexibility index (Phi) is 4.45. The van der Waals surface area contributed by atoms with Gasteiger partial charge in [0.2, 0.25) is 11.8 Å².